The van der Waals surface area contributed by atoms with E-state index in [2.05, 4.69) is 41.5 Å². The first kappa shape index (κ1) is 21.3. The molecule has 1 fully saturated rings. The fourth-order valence-electron chi connectivity index (χ4n) is 6.06. The van der Waals surface area contributed by atoms with Gasteiger partial charge in [0.2, 0.25) is 0 Å². The number of carbonyl (C=O) groups excluding carboxylic acids is 1. The average molecular weight is 413 g/mol. The Bertz CT molecular complexity index is 915. The van der Waals surface area contributed by atoms with Crippen LogP contribution in [0.1, 0.15) is 102 Å². The van der Waals surface area contributed by atoms with Gasteiger partial charge in [-0.2, -0.15) is 0 Å². The number of rotatable bonds is 4. The lowest BCUT2D eigenvalue weighted by Gasteiger charge is -2.47. The zero-order valence-electron chi connectivity index (χ0n) is 19.3. The second-order valence-corrected chi connectivity index (χ2v) is 11.6. The Kier molecular flexibility index (Phi) is 4.99. The standard InChI is InChI=1S/C26H36O4/c1-14(2)10-16-17-12-25(3,4)13-26(5,6)24(17)30-19-11-18(27)21(23(29)20(16)19)22(28)15-8-7-9-15/h11,14-16,27,29H,7-10,12-13H2,1-6H3. The second kappa shape index (κ2) is 7.03. The summed E-state index contributed by atoms with van der Waals surface area (Å²) in [6.07, 6.45) is 5.49. The Labute approximate surface area is 180 Å². The largest absolute Gasteiger partial charge is 0.507 e. The minimum Gasteiger partial charge on any atom is -0.507 e. The molecule has 1 aliphatic heterocycles. The van der Waals surface area contributed by atoms with Crippen molar-refractivity contribution in [3.05, 3.63) is 28.5 Å². The van der Waals surface area contributed by atoms with Gasteiger partial charge in [-0.25, -0.2) is 0 Å². The fraction of sp³-hybridized carbons (Fsp3) is 0.654. The van der Waals surface area contributed by atoms with Gasteiger partial charge < -0.3 is 14.9 Å². The molecule has 1 unspecified atom stereocenters. The van der Waals surface area contributed by atoms with Gasteiger partial charge in [0.25, 0.3) is 0 Å². The Morgan fingerprint density at radius 3 is 2.43 bits per heavy atom. The van der Waals surface area contributed by atoms with E-state index in [9.17, 15) is 15.0 Å². The summed E-state index contributed by atoms with van der Waals surface area (Å²) in [5.41, 5.74) is 2.04. The summed E-state index contributed by atoms with van der Waals surface area (Å²) in [6.45, 7) is 13.4. The molecule has 1 heterocycles. The molecule has 3 aliphatic rings. The molecular formula is C26H36O4. The van der Waals surface area contributed by atoms with Crippen LogP contribution >= 0.6 is 0 Å². The molecule has 30 heavy (non-hydrogen) atoms. The second-order valence-electron chi connectivity index (χ2n) is 11.6. The summed E-state index contributed by atoms with van der Waals surface area (Å²) in [7, 11) is 0. The minimum absolute atomic E-state index is 0.00357. The summed E-state index contributed by atoms with van der Waals surface area (Å²) in [5.74, 6) is 1.45. The molecule has 164 valence electrons. The van der Waals surface area contributed by atoms with Crippen molar-refractivity contribution < 1.29 is 19.7 Å². The van der Waals surface area contributed by atoms with Crippen molar-refractivity contribution in [3.63, 3.8) is 0 Å². The third-order valence-corrected chi connectivity index (χ3v) is 7.19. The van der Waals surface area contributed by atoms with Gasteiger partial charge in [0.05, 0.1) is 0 Å². The number of Topliss-reactive ketones (excluding diaryl/α,β-unsaturated/α-hetero) is 1. The predicted octanol–water partition coefficient (Wildman–Crippen LogP) is 6.70. The van der Waals surface area contributed by atoms with Crippen LogP contribution in [0, 0.1) is 22.7 Å². The molecule has 1 aromatic carbocycles. The van der Waals surface area contributed by atoms with Gasteiger partial charge in [-0.3, -0.25) is 4.79 Å². The summed E-state index contributed by atoms with van der Waals surface area (Å²) in [4.78, 5) is 13.0. The fourth-order valence-corrected chi connectivity index (χ4v) is 6.06. The molecule has 0 saturated heterocycles. The van der Waals surface area contributed by atoms with Gasteiger partial charge in [0.15, 0.2) is 5.78 Å². The summed E-state index contributed by atoms with van der Waals surface area (Å²) < 4.78 is 6.40. The molecule has 2 aliphatic carbocycles. The lowest BCUT2D eigenvalue weighted by Crippen LogP contribution is -2.37. The van der Waals surface area contributed by atoms with Gasteiger partial charge in [-0.1, -0.05) is 48.0 Å². The monoisotopic (exact) mass is 412 g/mol. The lowest BCUT2D eigenvalue weighted by atomic mass is 9.61. The van der Waals surface area contributed by atoms with Gasteiger partial charge in [0, 0.05) is 28.9 Å². The highest BCUT2D eigenvalue weighted by Gasteiger charge is 2.47. The zero-order chi connectivity index (χ0) is 22.0. The number of allylic oxidation sites excluding steroid dienone is 2. The van der Waals surface area contributed by atoms with Crippen LogP contribution in [0.3, 0.4) is 0 Å². The van der Waals surface area contributed by atoms with Crippen LogP contribution in [0.2, 0.25) is 0 Å². The molecule has 4 rings (SSSR count). The highest BCUT2D eigenvalue weighted by Crippen LogP contribution is 2.59. The normalized spacial score (nSPS) is 24.7. The Hall–Kier alpha value is -1.97. The number of hydrogen-bond donors (Lipinski definition) is 2. The molecule has 0 amide bonds. The Morgan fingerprint density at radius 1 is 1.20 bits per heavy atom. The molecule has 1 saturated carbocycles. The molecule has 0 radical (unpaired) electrons. The van der Waals surface area contributed by atoms with Crippen LogP contribution in [-0.2, 0) is 0 Å². The van der Waals surface area contributed by atoms with E-state index >= 15 is 0 Å². The third-order valence-electron chi connectivity index (χ3n) is 7.19. The number of hydrogen-bond acceptors (Lipinski definition) is 4. The molecule has 1 atom stereocenters. The molecule has 4 nitrogen and oxygen atoms in total. The van der Waals surface area contributed by atoms with Gasteiger partial charge in [0.1, 0.15) is 28.6 Å². The summed E-state index contributed by atoms with van der Waals surface area (Å²) in [5, 5.41) is 22.0. The lowest BCUT2D eigenvalue weighted by molar-refractivity contribution is 0.0848. The van der Waals surface area contributed by atoms with E-state index in [1.54, 1.807) is 6.07 Å². The number of ketones is 1. The smallest absolute Gasteiger partial charge is 0.173 e. The quantitative estimate of drug-likeness (QED) is 0.540. The number of carbonyl (C=O) groups is 1. The van der Waals surface area contributed by atoms with Gasteiger partial charge >= 0.3 is 0 Å². The van der Waals surface area contributed by atoms with E-state index in [1.807, 2.05) is 0 Å². The van der Waals surface area contributed by atoms with Gasteiger partial charge in [-0.05, 0) is 49.0 Å². The van der Waals surface area contributed by atoms with Crippen LogP contribution in [0.25, 0.3) is 0 Å². The van der Waals surface area contributed by atoms with Crippen LogP contribution in [0.5, 0.6) is 17.2 Å². The molecule has 1 aromatic rings. The number of fused-ring (bicyclic) bond motifs is 1. The maximum Gasteiger partial charge on any atom is 0.173 e. The highest BCUT2D eigenvalue weighted by atomic mass is 16.5. The third kappa shape index (κ3) is 3.42. The van der Waals surface area contributed by atoms with E-state index in [1.165, 1.54) is 5.57 Å². The van der Waals surface area contributed by atoms with Crippen molar-refractivity contribution >= 4 is 5.78 Å². The van der Waals surface area contributed by atoms with Crippen molar-refractivity contribution in [1.82, 2.24) is 0 Å². The van der Waals surface area contributed by atoms with Crippen molar-refractivity contribution in [3.8, 4) is 17.2 Å². The van der Waals surface area contributed by atoms with Crippen molar-refractivity contribution in [2.24, 2.45) is 22.7 Å². The summed E-state index contributed by atoms with van der Waals surface area (Å²) in [6, 6.07) is 1.56. The zero-order valence-corrected chi connectivity index (χ0v) is 19.3. The molecular weight excluding hydrogens is 376 g/mol. The van der Waals surface area contributed by atoms with Crippen molar-refractivity contribution in [2.45, 2.75) is 86.0 Å². The van der Waals surface area contributed by atoms with Gasteiger partial charge in [-0.15, -0.1) is 0 Å². The van der Waals surface area contributed by atoms with Crippen LogP contribution < -0.4 is 4.74 Å². The molecule has 0 spiro atoms. The number of benzene rings is 1. The first-order valence-electron chi connectivity index (χ1n) is 11.5. The van der Waals surface area contributed by atoms with E-state index in [0.717, 1.165) is 44.3 Å². The first-order valence-corrected chi connectivity index (χ1v) is 11.5. The van der Waals surface area contributed by atoms with E-state index in [-0.39, 0.29) is 45.5 Å². The SMILES string of the molecule is CC(C)CC1C2=C(Oc3cc(O)c(C(=O)C4CCC4)c(O)c31)C(C)(C)CC(C)(C)C2. The first-order chi connectivity index (χ1) is 13.9. The topological polar surface area (TPSA) is 66.8 Å². The number of phenolic OH excluding ortho intramolecular Hbond substituents is 2. The number of aromatic hydroxyl groups is 2. The van der Waals surface area contributed by atoms with Crippen molar-refractivity contribution in [1.29, 1.82) is 0 Å². The van der Waals surface area contributed by atoms with E-state index < -0.39 is 0 Å². The Balaban J connectivity index is 1.89. The van der Waals surface area contributed by atoms with Crippen LogP contribution in [0.4, 0.5) is 0 Å². The van der Waals surface area contributed by atoms with Crippen LogP contribution in [-0.4, -0.2) is 16.0 Å². The summed E-state index contributed by atoms with van der Waals surface area (Å²) >= 11 is 0. The predicted molar refractivity (Wildman–Crippen MR) is 118 cm³/mol. The van der Waals surface area contributed by atoms with Crippen LogP contribution in [0.15, 0.2) is 17.4 Å². The number of ether oxygens (including phenoxy) is 1. The van der Waals surface area contributed by atoms with E-state index in [4.69, 9.17) is 4.74 Å². The maximum absolute atomic E-state index is 13.0. The average Bonchev–Trinajstić information content (AvgIpc) is 2.52. The molecule has 0 bridgehead atoms. The van der Waals surface area contributed by atoms with Crippen molar-refractivity contribution in [2.75, 3.05) is 0 Å². The number of phenols is 2. The molecule has 4 heteroatoms. The molecule has 0 aromatic heterocycles. The maximum atomic E-state index is 13.0. The Morgan fingerprint density at radius 2 is 1.87 bits per heavy atom. The molecule has 2 N–H and O–H groups in total. The minimum atomic E-state index is -0.163. The highest BCUT2D eigenvalue weighted by molar-refractivity contribution is 6.04. The van der Waals surface area contributed by atoms with E-state index in [0.29, 0.717) is 17.2 Å².